The average molecular weight is 550 g/mol. The Morgan fingerprint density at radius 3 is 2.38 bits per heavy atom. The number of rotatable bonds is 5. The van der Waals surface area contributed by atoms with Crippen LogP contribution in [-0.2, 0) is 19.4 Å². The van der Waals surface area contributed by atoms with Crippen LogP contribution in [0, 0.1) is 0 Å². The number of fused-ring (bicyclic) bond motifs is 1. The zero-order valence-electron chi connectivity index (χ0n) is 22.4. The first kappa shape index (κ1) is 26.8. The minimum Gasteiger partial charge on any atom is -0.427 e. The van der Waals surface area contributed by atoms with Gasteiger partial charge < -0.3 is 9.57 Å². The van der Waals surface area contributed by atoms with Gasteiger partial charge >= 0.3 is 6.16 Å². The molecule has 0 radical (unpaired) electrons. The molecule has 1 saturated heterocycles. The summed E-state index contributed by atoms with van der Waals surface area (Å²) in [4.78, 5) is 27.1. The Balaban J connectivity index is 1.32. The molecule has 3 heterocycles. The van der Waals surface area contributed by atoms with Crippen LogP contribution in [0.2, 0.25) is 0 Å². The molecule has 0 N–H and O–H groups in total. The smallest absolute Gasteiger partial charge is 0.427 e. The first-order valence-corrected chi connectivity index (χ1v) is 14.6. The molecule has 1 aliphatic heterocycles. The number of piperidine rings is 1. The molecule has 2 aromatic heterocycles. The highest BCUT2D eigenvalue weighted by Crippen LogP contribution is 2.30. The van der Waals surface area contributed by atoms with E-state index in [0.29, 0.717) is 18.8 Å². The second-order valence-corrected chi connectivity index (χ2v) is 12.7. The number of benzene rings is 2. The second kappa shape index (κ2) is 10.4. The molecule has 10 nitrogen and oxygen atoms in total. The molecule has 0 aliphatic carbocycles. The van der Waals surface area contributed by atoms with Crippen LogP contribution in [0.15, 0.2) is 66.0 Å². The van der Waals surface area contributed by atoms with Gasteiger partial charge in [0.25, 0.3) is 0 Å². The molecular weight excluding hydrogens is 518 g/mol. The van der Waals surface area contributed by atoms with Crippen molar-refractivity contribution in [3.63, 3.8) is 0 Å². The van der Waals surface area contributed by atoms with Crippen LogP contribution in [0.4, 0.5) is 4.79 Å². The van der Waals surface area contributed by atoms with Crippen LogP contribution >= 0.6 is 0 Å². The SMILES string of the molecule is CC(C)(C)OC(=O)ON1CCC(n2cc(-c3cnc4cccc(-c5ccc(S(C)(=O)=O)cc5)c4n3)cn2)CC1. The highest BCUT2D eigenvalue weighted by molar-refractivity contribution is 7.90. The van der Waals surface area contributed by atoms with E-state index in [9.17, 15) is 13.2 Å². The van der Waals surface area contributed by atoms with Crippen LogP contribution in [-0.4, -0.2) is 64.3 Å². The predicted molar refractivity (Wildman–Crippen MR) is 146 cm³/mol. The quantitative estimate of drug-likeness (QED) is 0.315. The summed E-state index contributed by atoms with van der Waals surface area (Å²) in [6, 6.07) is 12.7. The molecule has 11 heteroatoms. The highest BCUT2D eigenvalue weighted by atomic mass is 32.2. The first-order valence-electron chi connectivity index (χ1n) is 12.7. The monoisotopic (exact) mass is 549 g/mol. The highest BCUT2D eigenvalue weighted by Gasteiger charge is 2.26. The summed E-state index contributed by atoms with van der Waals surface area (Å²) in [5, 5.41) is 6.22. The maximum absolute atomic E-state index is 12.0. The molecule has 5 rings (SSSR count). The fraction of sp³-hybridized carbons (Fsp3) is 0.357. The number of hydrogen-bond acceptors (Lipinski definition) is 9. The number of para-hydroxylation sites is 1. The Labute approximate surface area is 227 Å². The Kier molecular flexibility index (Phi) is 7.13. The van der Waals surface area contributed by atoms with Gasteiger partial charge in [-0.3, -0.25) is 9.67 Å². The normalized spacial score (nSPS) is 15.4. The van der Waals surface area contributed by atoms with E-state index in [2.05, 4.69) is 10.1 Å². The summed E-state index contributed by atoms with van der Waals surface area (Å²) >= 11 is 0. The number of hydroxylamine groups is 2. The average Bonchev–Trinajstić information content (AvgIpc) is 3.37. The summed E-state index contributed by atoms with van der Waals surface area (Å²) in [6.07, 6.45) is 7.51. The summed E-state index contributed by atoms with van der Waals surface area (Å²) < 4.78 is 30.9. The van der Waals surface area contributed by atoms with E-state index in [4.69, 9.17) is 14.6 Å². The van der Waals surface area contributed by atoms with Crippen LogP contribution in [0.1, 0.15) is 39.7 Å². The number of sulfone groups is 1. The number of ether oxygens (including phenoxy) is 1. The molecule has 1 fully saturated rings. The lowest BCUT2D eigenvalue weighted by atomic mass is 10.0. The molecule has 0 spiro atoms. The number of hydrogen-bond donors (Lipinski definition) is 0. The maximum Gasteiger partial charge on any atom is 0.528 e. The Morgan fingerprint density at radius 2 is 1.72 bits per heavy atom. The van der Waals surface area contributed by atoms with Crippen molar-refractivity contribution < 1.29 is 22.8 Å². The van der Waals surface area contributed by atoms with Crippen molar-refractivity contribution in [1.82, 2.24) is 24.8 Å². The molecule has 0 amide bonds. The third kappa shape index (κ3) is 6.26. The molecule has 39 heavy (non-hydrogen) atoms. The minimum atomic E-state index is -3.28. The van der Waals surface area contributed by atoms with Crippen LogP contribution in [0.3, 0.4) is 0 Å². The van der Waals surface area contributed by atoms with Gasteiger partial charge in [0.2, 0.25) is 0 Å². The van der Waals surface area contributed by atoms with E-state index in [1.54, 1.807) is 62.5 Å². The number of aromatic nitrogens is 4. The second-order valence-electron chi connectivity index (χ2n) is 10.7. The standard InChI is InChI=1S/C28H31N5O5S/c1-28(2,3)37-27(34)38-32-14-12-21(13-15-32)33-18-20(16-30-33)25-17-29-24-7-5-6-23(26(24)31-25)19-8-10-22(11-9-19)39(4,35)36/h5-11,16-18,21H,12-15H2,1-4H3. The number of carbonyl (C=O) groups is 1. The summed E-state index contributed by atoms with van der Waals surface area (Å²) in [5.41, 5.74) is 4.13. The van der Waals surface area contributed by atoms with Crippen LogP contribution in [0.5, 0.6) is 0 Å². The van der Waals surface area contributed by atoms with E-state index < -0.39 is 21.6 Å². The van der Waals surface area contributed by atoms with E-state index >= 15 is 0 Å². The van der Waals surface area contributed by atoms with Crippen LogP contribution < -0.4 is 0 Å². The topological polar surface area (TPSA) is 117 Å². The van der Waals surface area contributed by atoms with Crippen molar-refractivity contribution in [1.29, 1.82) is 0 Å². The van der Waals surface area contributed by atoms with Crippen molar-refractivity contribution in [2.45, 2.75) is 50.2 Å². The zero-order chi connectivity index (χ0) is 27.8. The molecule has 0 bridgehead atoms. The van der Waals surface area contributed by atoms with E-state index in [1.165, 1.54) is 6.26 Å². The van der Waals surface area contributed by atoms with Crippen LogP contribution in [0.25, 0.3) is 33.4 Å². The molecule has 1 aliphatic rings. The van der Waals surface area contributed by atoms with E-state index in [-0.39, 0.29) is 10.9 Å². The van der Waals surface area contributed by atoms with Gasteiger partial charge in [-0.25, -0.2) is 18.2 Å². The molecule has 0 unspecified atom stereocenters. The zero-order valence-corrected chi connectivity index (χ0v) is 23.2. The van der Waals surface area contributed by atoms with Gasteiger partial charge in [-0.05, 0) is 57.4 Å². The largest absolute Gasteiger partial charge is 0.528 e. The Bertz CT molecular complexity index is 1600. The molecule has 0 atom stereocenters. The van der Waals surface area contributed by atoms with Gasteiger partial charge in [0, 0.05) is 36.7 Å². The lowest BCUT2D eigenvalue weighted by molar-refractivity contribution is -0.154. The van der Waals surface area contributed by atoms with Gasteiger partial charge in [-0.2, -0.15) is 5.10 Å². The summed E-state index contributed by atoms with van der Waals surface area (Å²) in [5.74, 6) is 0. The van der Waals surface area contributed by atoms with Crippen molar-refractivity contribution in [2.75, 3.05) is 19.3 Å². The van der Waals surface area contributed by atoms with Crippen molar-refractivity contribution >= 4 is 27.0 Å². The predicted octanol–water partition coefficient (Wildman–Crippen LogP) is 5.07. The lowest BCUT2D eigenvalue weighted by Gasteiger charge is -2.31. The third-order valence-corrected chi connectivity index (χ3v) is 7.58. The molecule has 4 aromatic rings. The van der Waals surface area contributed by atoms with Gasteiger partial charge in [-0.1, -0.05) is 24.3 Å². The lowest BCUT2D eigenvalue weighted by Crippen LogP contribution is -2.38. The Hall–Kier alpha value is -3.83. The summed E-state index contributed by atoms with van der Waals surface area (Å²) in [6.45, 7) is 6.56. The van der Waals surface area contributed by atoms with Gasteiger partial charge in [0.15, 0.2) is 9.84 Å². The first-order chi connectivity index (χ1) is 18.5. The molecule has 2 aromatic carbocycles. The van der Waals surface area contributed by atoms with Crippen molar-refractivity contribution in [2.24, 2.45) is 0 Å². The van der Waals surface area contributed by atoms with E-state index in [1.807, 2.05) is 29.1 Å². The Morgan fingerprint density at radius 1 is 1.00 bits per heavy atom. The van der Waals surface area contributed by atoms with Gasteiger partial charge in [0.05, 0.1) is 40.1 Å². The number of nitrogens with zero attached hydrogens (tertiary/aromatic N) is 5. The van der Waals surface area contributed by atoms with Crippen molar-refractivity contribution in [3.8, 4) is 22.4 Å². The van der Waals surface area contributed by atoms with Gasteiger partial charge in [-0.15, -0.1) is 5.06 Å². The van der Waals surface area contributed by atoms with Gasteiger partial charge in [0.1, 0.15) is 5.60 Å². The molecule has 0 saturated carbocycles. The summed E-state index contributed by atoms with van der Waals surface area (Å²) in [7, 11) is -3.28. The number of carbonyl (C=O) groups excluding carboxylic acids is 1. The molecule has 204 valence electrons. The maximum atomic E-state index is 12.0. The fourth-order valence-corrected chi connectivity index (χ4v) is 5.16. The third-order valence-electron chi connectivity index (χ3n) is 6.45. The minimum absolute atomic E-state index is 0.162. The molecular formula is C28H31N5O5S. The fourth-order valence-electron chi connectivity index (χ4n) is 4.53. The van der Waals surface area contributed by atoms with E-state index in [0.717, 1.165) is 40.6 Å². The van der Waals surface area contributed by atoms with Crippen molar-refractivity contribution in [3.05, 3.63) is 61.1 Å².